The third kappa shape index (κ3) is 3.15. The van der Waals surface area contributed by atoms with Gasteiger partial charge in [0.1, 0.15) is 18.6 Å². The number of rotatable bonds is 3. The highest BCUT2D eigenvalue weighted by atomic mass is 79.9. The number of hydrogen-bond donors (Lipinski definition) is 0. The Bertz CT molecular complexity index is 479. The number of guanidine groups is 1. The lowest BCUT2D eigenvalue weighted by molar-refractivity contribution is -0.486. The third-order valence-electron chi connectivity index (χ3n) is 2.20. The van der Waals surface area contributed by atoms with Gasteiger partial charge in [0.25, 0.3) is 5.96 Å². The van der Waals surface area contributed by atoms with E-state index in [1.807, 2.05) is 0 Å². The molecule has 1 aromatic rings. The number of nitro groups is 1. The van der Waals surface area contributed by atoms with Crippen LogP contribution in [0.1, 0.15) is 4.88 Å². The molecule has 0 N–H and O–H groups in total. The maximum absolute atomic E-state index is 10.5. The summed E-state index contributed by atoms with van der Waals surface area (Å²) in [7, 11) is 1.69. The van der Waals surface area contributed by atoms with Crippen LogP contribution in [0, 0.1) is 10.1 Å². The van der Waals surface area contributed by atoms with Gasteiger partial charge in [-0.15, -0.1) is 11.3 Å². The largest absolute Gasteiger partial charge is 0.341 e. The molecule has 1 aliphatic rings. The maximum Gasteiger partial charge on any atom is 0.277 e. The molecular weight excluding hydrogens is 326 g/mol. The van der Waals surface area contributed by atoms with E-state index in [1.165, 1.54) is 11.3 Å². The molecule has 1 aromatic heterocycles. The first-order valence-electron chi connectivity index (χ1n) is 4.93. The molecule has 0 spiro atoms. The van der Waals surface area contributed by atoms with Crippen LogP contribution in [0.2, 0.25) is 0 Å². The summed E-state index contributed by atoms with van der Waals surface area (Å²) in [6.07, 6.45) is 1.72. The molecule has 18 heavy (non-hydrogen) atoms. The molecule has 10 heteroatoms. The fraction of sp³-hybridized carbons (Fsp3) is 0.500. The smallest absolute Gasteiger partial charge is 0.277 e. The van der Waals surface area contributed by atoms with Gasteiger partial charge in [0.15, 0.2) is 8.95 Å². The molecule has 1 aliphatic heterocycles. The van der Waals surface area contributed by atoms with Crippen molar-refractivity contribution in [3.63, 3.8) is 0 Å². The first-order chi connectivity index (χ1) is 8.56. The molecule has 0 aliphatic carbocycles. The molecule has 0 bridgehead atoms. The zero-order valence-electron chi connectivity index (χ0n) is 9.45. The SMILES string of the molecule is CN1COCN(Cc2cnc(Br)s2)/C1=N/[N+](=O)[O-]. The van der Waals surface area contributed by atoms with Crippen molar-refractivity contribution in [2.45, 2.75) is 6.54 Å². The van der Waals surface area contributed by atoms with Crippen molar-refractivity contribution in [3.05, 3.63) is 25.1 Å². The normalized spacial score (nSPS) is 18.4. The third-order valence-corrected chi connectivity index (χ3v) is 3.66. The molecule has 0 unspecified atom stereocenters. The summed E-state index contributed by atoms with van der Waals surface area (Å²) in [4.78, 5) is 18.8. The minimum atomic E-state index is -0.702. The predicted octanol–water partition coefficient (Wildman–Crippen LogP) is 1.13. The van der Waals surface area contributed by atoms with Crippen LogP contribution in [0.15, 0.2) is 15.2 Å². The zero-order chi connectivity index (χ0) is 13.1. The number of hydrogen-bond acceptors (Lipinski definition) is 5. The highest BCUT2D eigenvalue weighted by molar-refractivity contribution is 9.11. The van der Waals surface area contributed by atoms with E-state index in [0.717, 1.165) is 8.79 Å². The van der Waals surface area contributed by atoms with Gasteiger partial charge in [0.2, 0.25) is 0 Å². The van der Waals surface area contributed by atoms with Gasteiger partial charge in [-0.3, -0.25) is 0 Å². The number of nitrogens with zero attached hydrogens (tertiary/aromatic N) is 5. The van der Waals surface area contributed by atoms with Gasteiger partial charge in [0.05, 0.1) is 6.54 Å². The van der Waals surface area contributed by atoms with Gasteiger partial charge in [-0.2, -0.15) is 0 Å². The molecule has 8 nitrogen and oxygen atoms in total. The van der Waals surface area contributed by atoms with Crippen LogP contribution in [-0.4, -0.2) is 46.3 Å². The number of thiazole rings is 1. The summed E-state index contributed by atoms with van der Waals surface area (Å²) >= 11 is 4.74. The molecular formula is C8H10BrN5O3S. The van der Waals surface area contributed by atoms with E-state index in [9.17, 15) is 10.1 Å². The molecule has 1 fully saturated rings. The van der Waals surface area contributed by atoms with Crippen LogP contribution in [-0.2, 0) is 11.3 Å². The molecule has 0 radical (unpaired) electrons. The van der Waals surface area contributed by atoms with Gasteiger partial charge in [-0.1, -0.05) is 0 Å². The minimum Gasteiger partial charge on any atom is -0.341 e. The Morgan fingerprint density at radius 2 is 2.50 bits per heavy atom. The molecule has 0 aromatic carbocycles. The van der Waals surface area contributed by atoms with E-state index in [2.05, 4.69) is 26.0 Å². The van der Waals surface area contributed by atoms with E-state index >= 15 is 0 Å². The fourth-order valence-electron chi connectivity index (χ4n) is 1.52. The lowest BCUT2D eigenvalue weighted by Gasteiger charge is -2.34. The van der Waals surface area contributed by atoms with Gasteiger partial charge in [-0.05, 0) is 15.9 Å². The van der Waals surface area contributed by atoms with Gasteiger partial charge >= 0.3 is 0 Å². The Labute approximate surface area is 115 Å². The average molecular weight is 336 g/mol. The summed E-state index contributed by atoms with van der Waals surface area (Å²) < 4.78 is 6.08. The molecule has 98 valence electrons. The van der Waals surface area contributed by atoms with Crippen molar-refractivity contribution in [2.75, 3.05) is 20.5 Å². The minimum absolute atomic E-state index is 0.270. The van der Waals surface area contributed by atoms with E-state index in [-0.39, 0.29) is 19.4 Å². The van der Waals surface area contributed by atoms with Crippen LogP contribution in [0.3, 0.4) is 0 Å². The second-order valence-electron chi connectivity index (χ2n) is 3.58. The molecule has 0 amide bonds. The van der Waals surface area contributed by atoms with Crippen LogP contribution < -0.4 is 0 Å². The number of halogens is 1. The highest BCUT2D eigenvalue weighted by Crippen LogP contribution is 2.21. The lowest BCUT2D eigenvalue weighted by atomic mass is 10.5. The van der Waals surface area contributed by atoms with E-state index in [1.54, 1.807) is 23.0 Å². The standard InChI is InChI=1S/C8H10BrN5O3S/c1-12-4-17-5-13(8(12)11-14(15)16)3-6-2-10-7(9)18-6/h2H,3-5H2,1H3/b11-8+. The predicted molar refractivity (Wildman–Crippen MR) is 68.4 cm³/mol. The van der Waals surface area contributed by atoms with Crippen molar-refractivity contribution in [1.82, 2.24) is 14.8 Å². The summed E-state index contributed by atoms with van der Waals surface area (Å²) in [6.45, 7) is 1.03. The van der Waals surface area contributed by atoms with Crippen molar-refractivity contribution >= 4 is 33.2 Å². The number of hydrazone groups is 1. The number of ether oxygens (including phenoxy) is 1. The second kappa shape index (κ2) is 5.59. The van der Waals surface area contributed by atoms with E-state index < -0.39 is 5.03 Å². The summed E-state index contributed by atoms with van der Waals surface area (Å²) in [5.74, 6) is 0.288. The Balaban J connectivity index is 2.15. The Kier molecular flexibility index (Phi) is 4.09. The van der Waals surface area contributed by atoms with Gasteiger partial charge in [0, 0.05) is 18.1 Å². The van der Waals surface area contributed by atoms with E-state index in [0.29, 0.717) is 6.54 Å². The van der Waals surface area contributed by atoms with Crippen LogP contribution >= 0.6 is 27.3 Å². The molecule has 2 rings (SSSR count). The maximum atomic E-state index is 10.5. The molecule has 2 heterocycles. The van der Waals surface area contributed by atoms with Gasteiger partial charge < -0.3 is 14.5 Å². The number of aromatic nitrogens is 1. The zero-order valence-corrected chi connectivity index (χ0v) is 11.8. The Morgan fingerprint density at radius 1 is 1.72 bits per heavy atom. The van der Waals surface area contributed by atoms with Crippen molar-refractivity contribution in [3.8, 4) is 0 Å². The van der Waals surface area contributed by atoms with E-state index in [4.69, 9.17) is 4.74 Å². The summed E-state index contributed by atoms with van der Waals surface area (Å²) in [5, 5.41) is 13.2. The van der Waals surface area contributed by atoms with Crippen molar-refractivity contribution < 1.29 is 9.77 Å². The van der Waals surface area contributed by atoms with Gasteiger partial charge in [-0.25, -0.2) is 15.1 Å². The Hall–Kier alpha value is -1.26. The average Bonchev–Trinajstić information content (AvgIpc) is 2.69. The monoisotopic (exact) mass is 335 g/mol. The summed E-state index contributed by atoms with van der Waals surface area (Å²) in [6, 6.07) is 0. The molecule has 0 saturated carbocycles. The second-order valence-corrected chi connectivity index (χ2v) is 5.97. The van der Waals surface area contributed by atoms with Crippen molar-refractivity contribution in [1.29, 1.82) is 0 Å². The summed E-state index contributed by atoms with van der Waals surface area (Å²) in [5.41, 5.74) is 0. The highest BCUT2D eigenvalue weighted by Gasteiger charge is 2.25. The first kappa shape index (κ1) is 13.2. The quantitative estimate of drug-likeness (QED) is 0.608. The molecule has 0 atom stereocenters. The Morgan fingerprint density at radius 3 is 3.11 bits per heavy atom. The lowest BCUT2D eigenvalue weighted by Crippen LogP contribution is -2.49. The van der Waals surface area contributed by atoms with Crippen LogP contribution in [0.4, 0.5) is 0 Å². The molecule has 1 saturated heterocycles. The topological polar surface area (TPSA) is 84.1 Å². The fourth-order valence-corrected chi connectivity index (χ4v) is 2.89. The van der Waals surface area contributed by atoms with Crippen LogP contribution in [0.25, 0.3) is 0 Å². The van der Waals surface area contributed by atoms with Crippen molar-refractivity contribution in [2.24, 2.45) is 5.10 Å². The van der Waals surface area contributed by atoms with Crippen LogP contribution in [0.5, 0.6) is 0 Å². The first-order valence-corrected chi connectivity index (χ1v) is 6.54.